The normalized spacial score (nSPS) is 11.1. The lowest BCUT2D eigenvalue weighted by molar-refractivity contribution is 0.0699. The maximum Gasteiger partial charge on any atom is 0.336 e. The van der Waals surface area contributed by atoms with Crippen molar-refractivity contribution < 1.29 is 14.3 Å². The molecule has 0 radical (unpaired) electrons. The predicted molar refractivity (Wildman–Crippen MR) is 102 cm³/mol. The van der Waals surface area contributed by atoms with Gasteiger partial charge < -0.3 is 5.11 Å². The Balaban J connectivity index is 1.97. The molecule has 2 aromatic carbocycles. The first-order chi connectivity index (χ1) is 12.9. The number of rotatable bonds is 3. The fourth-order valence-corrected chi connectivity index (χ4v) is 3.36. The molecule has 8 heteroatoms. The summed E-state index contributed by atoms with van der Waals surface area (Å²) in [6.07, 6.45) is 0. The van der Waals surface area contributed by atoms with E-state index in [1.807, 2.05) is 0 Å². The summed E-state index contributed by atoms with van der Waals surface area (Å²) in [5.41, 5.74) is 2.17. The zero-order valence-corrected chi connectivity index (χ0v) is 15.0. The van der Waals surface area contributed by atoms with E-state index < -0.39 is 5.97 Å². The Hall–Kier alpha value is -2.96. The summed E-state index contributed by atoms with van der Waals surface area (Å²) in [7, 11) is 0. The molecule has 0 aliphatic heterocycles. The van der Waals surface area contributed by atoms with E-state index in [4.69, 9.17) is 23.2 Å². The van der Waals surface area contributed by atoms with E-state index in [1.54, 1.807) is 18.2 Å². The number of H-pyrrole nitrogens is 1. The van der Waals surface area contributed by atoms with Crippen LogP contribution in [0.25, 0.3) is 33.5 Å². The van der Waals surface area contributed by atoms with Crippen molar-refractivity contribution in [1.82, 2.24) is 15.2 Å². The van der Waals surface area contributed by atoms with Crippen LogP contribution in [0.3, 0.4) is 0 Å². The van der Waals surface area contributed by atoms with Crippen LogP contribution in [0.15, 0.2) is 48.5 Å². The van der Waals surface area contributed by atoms with Crippen LogP contribution in [0.2, 0.25) is 10.0 Å². The lowest BCUT2D eigenvalue weighted by atomic mass is 10.0. The highest BCUT2D eigenvalue weighted by Gasteiger charge is 2.20. The van der Waals surface area contributed by atoms with Crippen molar-refractivity contribution in [2.45, 2.75) is 0 Å². The number of halogens is 3. The third kappa shape index (κ3) is 3.13. The number of carbonyl (C=O) groups is 1. The molecule has 2 N–H and O–H groups in total. The monoisotopic (exact) mass is 401 g/mol. The van der Waals surface area contributed by atoms with Gasteiger partial charge in [-0.2, -0.15) is 5.10 Å². The van der Waals surface area contributed by atoms with Gasteiger partial charge in [0, 0.05) is 16.1 Å². The Morgan fingerprint density at radius 3 is 2.48 bits per heavy atom. The Morgan fingerprint density at radius 1 is 1.07 bits per heavy atom. The number of benzene rings is 2. The van der Waals surface area contributed by atoms with Crippen LogP contribution in [0.4, 0.5) is 4.39 Å². The number of aromatic nitrogens is 3. The number of carboxylic acids is 1. The molecule has 4 rings (SSSR count). The SMILES string of the molecule is O=C(O)c1cc(-c2ccc(Cl)cc2Cl)nc2n[nH]c(-c3ccc(F)cc3)c12. The molecule has 0 aliphatic carbocycles. The largest absolute Gasteiger partial charge is 0.478 e. The zero-order chi connectivity index (χ0) is 19.1. The first kappa shape index (κ1) is 17.5. The van der Waals surface area contributed by atoms with Gasteiger partial charge in [0.25, 0.3) is 0 Å². The van der Waals surface area contributed by atoms with E-state index >= 15 is 0 Å². The molecule has 0 fully saturated rings. The van der Waals surface area contributed by atoms with Gasteiger partial charge >= 0.3 is 5.97 Å². The Morgan fingerprint density at radius 2 is 1.81 bits per heavy atom. The van der Waals surface area contributed by atoms with E-state index in [1.165, 1.54) is 30.3 Å². The highest BCUT2D eigenvalue weighted by atomic mass is 35.5. The van der Waals surface area contributed by atoms with Gasteiger partial charge in [-0.1, -0.05) is 23.2 Å². The average molecular weight is 402 g/mol. The van der Waals surface area contributed by atoms with Gasteiger partial charge in [0.15, 0.2) is 5.65 Å². The van der Waals surface area contributed by atoms with Crippen LogP contribution in [-0.4, -0.2) is 26.3 Å². The van der Waals surface area contributed by atoms with Crippen molar-refractivity contribution >= 4 is 40.2 Å². The zero-order valence-electron chi connectivity index (χ0n) is 13.5. The second-order valence-corrected chi connectivity index (χ2v) is 6.63. The molecule has 0 bridgehead atoms. The van der Waals surface area contributed by atoms with Gasteiger partial charge in [-0.25, -0.2) is 14.2 Å². The molecule has 2 aromatic heterocycles. The lowest BCUT2D eigenvalue weighted by Crippen LogP contribution is -2.00. The van der Waals surface area contributed by atoms with Crippen molar-refractivity contribution in [1.29, 1.82) is 0 Å². The number of nitrogens with zero attached hydrogens (tertiary/aromatic N) is 2. The smallest absolute Gasteiger partial charge is 0.336 e. The van der Waals surface area contributed by atoms with Crippen molar-refractivity contribution in [3.05, 3.63) is 70.0 Å². The molecule has 0 saturated carbocycles. The number of aromatic amines is 1. The molecule has 0 atom stereocenters. The van der Waals surface area contributed by atoms with Gasteiger partial charge in [-0.3, -0.25) is 5.10 Å². The number of nitrogens with one attached hydrogen (secondary N) is 1. The molecule has 0 amide bonds. The molecule has 2 heterocycles. The molecule has 0 saturated heterocycles. The third-order valence-electron chi connectivity index (χ3n) is 4.09. The molecule has 4 aromatic rings. The maximum atomic E-state index is 13.2. The summed E-state index contributed by atoms with van der Waals surface area (Å²) in [5, 5.41) is 17.8. The second-order valence-electron chi connectivity index (χ2n) is 5.79. The highest BCUT2D eigenvalue weighted by molar-refractivity contribution is 6.36. The number of aromatic carboxylic acids is 1. The van der Waals surface area contributed by atoms with Crippen molar-refractivity contribution in [3.8, 4) is 22.5 Å². The van der Waals surface area contributed by atoms with Crippen molar-refractivity contribution in [2.24, 2.45) is 0 Å². The van der Waals surface area contributed by atoms with Crippen LogP contribution in [0.1, 0.15) is 10.4 Å². The fourth-order valence-electron chi connectivity index (χ4n) is 2.85. The van der Waals surface area contributed by atoms with E-state index in [-0.39, 0.29) is 17.0 Å². The molecule has 0 aliphatic rings. The number of pyridine rings is 1. The third-order valence-corrected chi connectivity index (χ3v) is 4.64. The molecule has 0 spiro atoms. The molecular formula is C19H10Cl2FN3O2. The van der Waals surface area contributed by atoms with E-state index in [2.05, 4.69) is 15.2 Å². The van der Waals surface area contributed by atoms with Gasteiger partial charge in [-0.15, -0.1) is 0 Å². The Kier molecular flexibility index (Phi) is 4.30. The molecule has 0 unspecified atom stereocenters. The fraction of sp³-hybridized carbons (Fsp3) is 0. The van der Waals surface area contributed by atoms with Crippen molar-refractivity contribution in [2.75, 3.05) is 0 Å². The molecular weight excluding hydrogens is 392 g/mol. The number of hydrogen-bond acceptors (Lipinski definition) is 3. The van der Waals surface area contributed by atoms with E-state index in [9.17, 15) is 14.3 Å². The maximum absolute atomic E-state index is 13.2. The minimum absolute atomic E-state index is 0.00842. The van der Waals surface area contributed by atoms with Gasteiger partial charge in [0.05, 0.1) is 27.4 Å². The summed E-state index contributed by atoms with van der Waals surface area (Å²) >= 11 is 12.1. The van der Waals surface area contributed by atoms with Gasteiger partial charge in [0.2, 0.25) is 0 Å². The van der Waals surface area contributed by atoms with Crippen molar-refractivity contribution in [3.63, 3.8) is 0 Å². The summed E-state index contributed by atoms with van der Waals surface area (Å²) in [4.78, 5) is 16.3. The predicted octanol–water partition coefficient (Wildman–Crippen LogP) is 5.44. The van der Waals surface area contributed by atoms with E-state index in [0.717, 1.165) is 0 Å². The minimum Gasteiger partial charge on any atom is -0.478 e. The lowest BCUT2D eigenvalue weighted by Gasteiger charge is -2.07. The summed E-state index contributed by atoms with van der Waals surface area (Å²) in [6.45, 7) is 0. The van der Waals surface area contributed by atoms with E-state index in [0.29, 0.717) is 37.9 Å². The number of fused-ring (bicyclic) bond motifs is 1. The number of carboxylic acid groups (broad SMARTS) is 1. The summed E-state index contributed by atoms with van der Waals surface area (Å²) in [5.74, 6) is -1.53. The molecule has 5 nitrogen and oxygen atoms in total. The topological polar surface area (TPSA) is 78.9 Å². The highest BCUT2D eigenvalue weighted by Crippen LogP contribution is 2.34. The first-order valence-corrected chi connectivity index (χ1v) is 8.53. The molecule has 27 heavy (non-hydrogen) atoms. The summed E-state index contributed by atoms with van der Waals surface area (Å²) in [6, 6.07) is 12.0. The summed E-state index contributed by atoms with van der Waals surface area (Å²) < 4.78 is 13.2. The Bertz CT molecular complexity index is 1190. The van der Waals surface area contributed by atoms with Crippen LogP contribution >= 0.6 is 23.2 Å². The first-order valence-electron chi connectivity index (χ1n) is 7.78. The second kappa shape index (κ2) is 6.64. The van der Waals surface area contributed by atoms with Crippen LogP contribution in [-0.2, 0) is 0 Å². The number of hydrogen-bond donors (Lipinski definition) is 2. The quantitative estimate of drug-likeness (QED) is 0.479. The molecule has 134 valence electrons. The Labute approximate surface area is 162 Å². The van der Waals surface area contributed by atoms with Crippen LogP contribution in [0.5, 0.6) is 0 Å². The van der Waals surface area contributed by atoms with Gasteiger partial charge in [0.1, 0.15) is 5.82 Å². The average Bonchev–Trinajstić information content (AvgIpc) is 3.05. The van der Waals surface area contributed by atoms with Gasteiger partial charge in [-0.05, 0) is 48.5 Å². The standard InChI is InChI=1S/C19H10Cl2FN3O2/c20-10-3-6-12(14(21)7-10)15-8-13(19(26)27)16-17(24-25-18(16)23-15)9-1-4-11(22)5-2-9/h1-8H,(H,26,27)(H,23,24,25). The van der Waals surface area contributed by atoms with Crippen LogP contribution in [0, 0.1) is 5.82 Å². The minimum atomic E-state index is -1.14. The van der Waals surface area contributed by atoms with Crippen LogP contribution < -0.4 is 0 Å².